The van der Waals surface area contributed by atoms with Crippen LogP contribution >= 0.6 is 0 Å². The summed E-state index contributed by atoms with van der Waals surface area (Å²) in [7, 11) is 2.60. The molecular formula is C17H30N4O7. The first-order chi connectivity index (χ1) is 13.4. The standard InChI is InChI=1S/C17H30N4O7/c1-4-28-16(24)19-13(7-5-6-8-18-15(23)26-2)14(22)20-9-11-21(12-10-20)17(25)27-3/h13H,4-12H2,1-3H3,(H,18,23)(H,19,24). The zero-order valence-electron chi connectivity index (χ0n) is 16.7. The Hall–Kier alpha value is -2.72. The van der Waals surface area contributed by atoms with E-state index in [0.29, 0.717) is 52.0 Å². The smallest absolute Gasteiger partial charge is 0.409 e. The van der Waals surface area contributed by atoms with E-state index >= 15 is 0 Å². The Labute approximate surface area is 164 Å². The van der Waals surface area contributed by atoms with E-state index in [2.05, 4.69) is 20.1 Å². The maximum Gasteiger partial charge on any atom is 0.409 e. The number of rotatable bonds is 8. The van der Waals surface area contributed by atoms with E-state index in [1.54, 1.807) is 11.8 Å². The molecule has 28 heavy (non-hydrogen) atoms. The van der Waals surface area contributed by atoms with Crippen molar-refractivity contribution in [2.24, 2.45) is 0 Å². The molecule has 1 aliphatic rings. The van der Waals surface area contributed by atoms with Gasteiger partial charge in [0.2, 0.25) is 5.91 Å². The second-order valence-electron chi connectivity index (χ2n) is 6.11. The van der Waals surface area contributed by atoms with Crippen LogP contribution in [0.3, 0.4) is 0 Å². The number of piperazine rings is 1. The van der Waals surface area contributed by atoms with Crippen LogP contribution in [0.2, 0.25) is 0 Å². The lowest BCUT2D eigenvalue weighted by Crippen LogP contribution is -2.55. The summed E-state index contributed by atoms with van der Waals surface area (Å²) in [5.41, 5.74) is 0. The quantitative estimate of drug-likeness (QED) is 0.448. The molecule has 1 atom stereocenters. The molecule has 11 heteroatoms. The van der Waals surface area contributed by atoms with Gasteiger partial charge in [-0.25, -0.2) is 14.4 Å². The van der Waals surface area contributed by atoms with Crippen molar-refractivity contribution >= 4 is 24.2 Å². The SMILES string of the molecule is CCOC(=O)NC(CCCCNC(=O)OC)C(=O)N1CCN(C(=O)OC)CC1. The van der Waals surface area contributed by atoms with Crippen molar-refractivity contribution < 1.29 is 33.4 Å². The van der Waals surface area contributed by atoms with Crippen molar-refractivity contribution in [3.8, 4) is 0 Å². The highest BCUT2D eigenvalue weighted by Crippen LogP contribution is 2.10. The first kappa shape index (κ1) is 23.3. The lowest BCUT2D eigenvalue weighted by Gasteiger charge is -2.35. The zero-order chi connectivity index (χ0) is 20.9. The summed E-state index contributed by atoms with van der Waals surface area (Å²) in [5.74, 6) is -0.224. The maximum atomic E-state index is 12.8. The fraction of sp³-hybridized carbons (Fsp3) is 0.765. The molecule has 1 aliphatic heterocycles. The highest BCUT2D eigenvalue weighted by atomic mass is 16.6. The topological polar surface area (TPSA) is 127 Å². The highest BCUT2D eigenvalue weighted by molar-refractivity contribution is 5.86. The highest BCUT2D eigenvalue weighted by Gasteiger charge is 2.30. The van der Waals surface area contributed by atoms with E-state index in [4.69, 9.17) is 4.74 Å². The largest absolute Gasteiger partial charge is 0.453 e. The van der Waals surface area contributed by atoms with Crippen molar-refractivity contribution in [1.29, 1.82) is 0 Å². The predicted molar refractivity (Wildman–Crippen MR) is 98.8 cm³/mol. The van der Waals surface area contributed by atoms with Crippen LogP contribution in [0.5, 0.6) is 0 Å². The number of nitrogens with one attached hydrogen (secondary N) is 2. The van der Waals surface area contributed by atoms with Crippen molar-refractivity contribution in [2.45, 2.75) is 32.2 Å². The molecule has 0 aromatic carbocycles. The van der Waals surface area contributed by atoms with Gasteiger partial charge in [0.05, 0.1) is 20.8 Å². The van der Waals surface area contributed by atoms with Gasteiger partial charge < -0.3 is 34.6 Å². The third-order valence-corrected chi connectivity index (χ3v) is 4.26. The zero-order valence-corrected chi connectivity index (χ0v) is 16.7. The Balaban J connectivity index is 2.55. The number of methoxy groups -OCH3 is 2. The first-order valence-electron chi connectivity index (χ1n) is 9.29. The third kappa shape index (κ3) is 7.89. The number of carbonyl (C=O) groups is 4. The average molecular weight is 402 g/mol. The number of unbranched alkanes of at least 4 members (excludes halogenated alkanes) is 1. The molecule has 0 aromatic heterocycles. The van der Waals surface area contributed by atoms with Gasteiger partial charge in [0.1, 0.15) is 6.04 Å². The molecule has 1 heterocycles. The van der Waals surface area contributed by atoms with Gasteiger partial charge in [0.15, 0.2) is 0 Å². The molecule has 160 valence electrons. The van der Waals surface area contributed by atoms with E-state index in [0.717, 1.165) is 0 Å². The molecule has 0 aromatic rings. The maximum absolute atomic E-state index is 12.8. The van der Waals surface area contributed by atoms with Crippen LogP contribution in [-0.4, -0.2) is 93.6 Å². The van der Waals surface area contributed by atoms with Crippen LogP contribution in [0.25, 0.3) is 0 Å². The lowest BCUT2D eigenvalue weighted by atomic mass is 10.1. The Kier molecular flexibility index (Phi) is 10.5. The second kappa shape index (κ2) is 12.6. The monoisotopic (exact) mass is 402 g/mol. The van der Waals surface area contributed by atoms with Crippen LogP contribution in [0.15, 0.2) is 0 Å². The lowest BCUT2D eigenvalue weighted by molar-refractivity contribution is -0.135. The molecule has 1 rings (SSSR count). The summed E-state index contributed by atoms with van der Waals surface area (Å²) in [6.07, 6.45) is 0.0421. The van der Waals surface area contributed by atoms with Gasteiger partial charge in [0.25, 0.3) is 0 Å². The summed E-state index contributed by atoms with van der Waals surface area (Å²) in [6.45, 7) is 3.75. The van der Waals surface area contributed by atoms with Crippen molar-refractivity contribution in [3.05, 3.63) is 0 Å². The van der Waals surface area contributed by atoms with Crippen LogP contribution in [0.1, 0.15) is 26.2 Å². The molecule has 0 spiro atoms. The van der Waals surface area contributed by atoms with Gasteiger partial charge in [-0.2, -0.15) is 0 Å². The van der Waals surface area contributed by atoms with Crippen LogP contribution in [0.4, 0.5) is 14.4 Å². The number of hydrogen-bond acceptors (Lipinski definition) is 7. The van der Waals surface area contributed by atoms with Crippen molar-refractivity contribution in [3.63, 3.8) is 0 Å². The minimum atomic E-state index is -0.734. The molecule has 1 saturated heterocycles. The number of hydrogen-bond donors (Lipinski definition) is 2. The minimum Gasteiger partial charge on any atom is -0.453 e. The minimum absolute atomic E-state index is 0.202. The van der Waals surface area contributed by atoms with Crippen LogP contribution in [0, 0.1) is 0 Å². The number of alkyl carbamates (subject to hydrolysis) is 2. The number of ether oxygens (including phenoxy) is 3. The van der Waals surface area contributed by atoms with E-state index in [9.17, 15) is 19.2 Å². The molecule has 1 fully saturated rings. The molecule has 0 saturated carbocycles. The Bertz CT molecular complexity index is 536. The first-order valence-corrected chi connectivity index (χ1v) is 9.29. The fourth-order valence-electron chi connectivity index (χ4n) is 2.77. The van der Waals surface area contributed by atoms with Crippen molar-refractivity contribution in [1.82, 2.24) is 20.4 Å². The van der Waals surface area contributed by atoms with Gasteiger partial charge in [-0.05, 0) is 26.2 Å². The number of nitrogens with zero attached hydrogens (tertiary/aromatic N) is 2. The summed E-state index contributed by atoms with van der Waals surface area (Å²) in [5, 5.41) is 5.16. The summed E-state index contributed by atoms with van der Waals surface area (Å²) < 4.78 is 14.1. The van der Waals surface area contributed by atoms with E-state index < -0.39 is 24.3 Å². The molecular weight excluding hydrogens is 372 g/mol. The summed E-state index contributed by atoms with van der Waals surface area (Å²) in [4.78, 5) is 50.4. The van der Waals surface area contributed by atoms with Crippen LogP contribution < -0.4 is 10.6 Å². The Morgan fingerprint density at radius 3 is 2.14 bits per heavy atom. The van der Waals surface area contributed by atoms with Crippen molar-refractivity contribution in [2.75, 3.05) is 53.6 Å². The molecule has 0 radical (unpaired) electrons. The van der Waals surface area contributed by atoms with Gasteiger partial charge in [-0.1, -0.05) is 0 Å². The normalized spacial score (nSPS) is 14.7. The van der Waals surface area contributed by atoms with E-state index in [1.807, 2.05) is 0 Å². The van der Waals surface area contributed by atoms with Gasteiger partial charge in [0, 0.05) is 32.7 Å². The van der Waals surface area contributed by atoms with E-state index in [-0.39, 0.29) is 12.5 Å². The summed E-state index contributed by atoms with van der Waals surface area (Å²) in [6, 6.07) is -0.734. The molecule has 0 aliphatic carbocycles. The second-order valence-corrected chi connectivity index (χ2v) is 6.11. The van der Waals surface area contributed by atoms with Gasteiger partial charge in [-0.15, -0.1) is 0 Å². The van der Waals surface area contributed by atoms with Gasteiger partial charge in [-0.3, -0.25) is 4.79 Å². The van der Waals surface area contributed by atoms with Gasteiger partial charge >= 0.3 is 18.3 Å². The molecule has 11 nitrogen and oxygen atoms in total. The van der Waals surface area contributed by atoms with E-state index in [1.165, 1.54) is 19.1 Å². The number of amides is 4. The Morgan fingerprint density at radius 1 is 0.929 bits per heavy atom. The molecule has 2 N–H and O–H groups in total. The average Bonchev–Trinajstić information content (AvgIpc) is 2.71. The summed E-state index contributed by atoms with van der Waals surface area (Å²) >= 11 is 0. The number of carbonyl (C=O) groups excluding carboxylic acids is 4. The third-order valence-electron chi connectivity index (χ3n) is 4.26. The predicted octanol–water partition coefficient (Wildman–Crippen LogP) is 0.538. The molecule has 4 amide bonds. The molecule has 1 unspecified atom stereocenters. The molecule has 0 bridgehead atoms. The fourth-order valence-corrected chi connectivity index (χ4v) is 2.77. The van der Waals surface area contributed by atoms with Crippen LogP contribution in [-0.2, 0) is 19.0 Å². The Morgan fingerprint density at radius 2 is 1.57 bits per heavy atom.